The van der Waals surface area contributed by atoms with Crippen molar-refractivity contribution in [1.29, 1.82) is 0 Å². The maximum atomic E-state index is 12.7. The van der Waals surface area contributed by atoms with Crippen molar-refractivity contribution < 1.29 is 9.59 Å². The number of aryl methyl sites for hydroxylation is 1. The van der Waals surface area contributed by atoms with Crippen molar-refractivity contribution in [2.45, 2.75) is 26.2 Å². The molecule has 154 valence electrons. The summed E-state index contributed by atoms with van der Waals surface area (Å²) in [6, 6.07) is 15.4. The van der Waals surface area contributed by atoms with Crippen LogP contribution in [0.3, 0.4) is 0 Å². The first-order valence-electron chi connectivity index (χ1n) is 9.79. The lowest BCUT2D eigenvalue weighted by atomic mass is 10.1. The van der Waals surface area contributed by atoms with Crippen molar-refractivity contribution >= 4 is 45.6 Å². The van der Waals surface area contributed by atoms with Gasteiger partial charge in [-0.3, -0.25) is 9.59 Å². The standard InChI is InChI=1S/C22H21ClN4O2S/c1-2-15-5-3-4-6-18(15)27-13-16(12-20(27)28)21(29)24-22-26-25-19(30-22)11-14-7-9-17(23)10-8-14/h3-10,16H,2,11-13H2,1H3,(H,24,26,29). The van der Waals surface area contributed by atoms with Gasteiger partial charge < -0.3 is 10.2 Å². The summed E-state index contributed by atoms with van der Waals surface area (Å²) in [5.41, 5.74) is 3.06. The van der Waals surface area contributed by atoms with Gasteiger partial charge in [0.05, 0.1) is 5.92 Å². The highest BCUT2D eigenvalue weighted by molar-refractivity contribution is 7.15. The molecule has 0 spiro atoms. The van der Waals surface area contributed by atoms with E-state index in [0.29, 0.717) is 23.1 Å². The molecule has 0 bridgehead atoms. The van der Waals surface area contributed by atoms with E-state index in [1.54, 1.807) is 4.90 Å². The number of amides is 2. The third-order valence-corrected chi connectivity index (χ3v) is 6.22. The minimum Gasteiger partial charge on any atom is -0.311 e. The summed E-state index contributed by atoms with van der Waals surface area (Å²) >= 11 is 7.25. The maximum Gasteiger partial charge on any atom is 0.231 e. The fourth-order valence-corrected chi connectivity index (χ4v) is 4.45. The first kappa shape index (κ1) is 20.5. The first-order valence-corrected chi connectivity index (χ1v) is 11.0. The largest absolute Gasteiger partial charge is 0.311 e. The van der Waals surface area contributed by atoms with E-state index in [4.69, 9.17) is 11.6 Å². The quantitative estimate of drug-likeness (QED) is 0.618. The van der Waals surface area contributed by atoms with Gasteiger partial charge in [-0.15, -0.1) is 10.2 Å². The van der Waals surface area contributed by atoms with Crippen molar-refractivity contribution in [3.05, 3.63) is 69.7 Å². The predicted octanol–water partition coefficient (Wildman–Crippen LogP) is 4.34. The molecule has 1 unspecified atom stereocenters. The van der Waals surface area contributed by atoms with Gasteiger partial charge in [-0.1, -0.05) is 60.2 Å². The van der Waals surface area contributed by atoms with Crippen LogP contribution in [0.4, 0.5) is 10.8 Å². The second-order valence-electron chi connectivity index (χ2n) is 7.18. The fraction of sp³-hybridized carbons (Fsp3) is 0.273. The van der Waals surface area contributed by atoms with E-state index in [9.17, 15) is 9.59 Å². The summed E-state index contributed by atoms with van der Waals surface area (Å²) in [6.45, 7) is 2.43. The van der Waals surface area contributed by atoms with E-state index in [0.717, 1.165) is 28.2 Å². The van der Waals surface area contributed by atoms with Crippen molar-refractivity contribution in [3.63, 3.8) is 0 Å². The Kier molecular flexibility index (Phi) is 6.11. The average Bonchev–Trinajstić information content (AvgIpc) is 3.36. The van der Waals surface area contributed by atoms with E-state index in [2.05, 4.69) is 22.4 Å². The van der Waals surface area contributed by atoms with Crippen molar-refractivity contribution in [2.24, 2.45) is 5.92 Å². The molecule has 1 aliphatic rings. The smallest absolute Gasteiger partial charge is 0.231 e. The van der Waals surface area contributed by atoms with Crippen molar-refractivity contribution in [1.82, 2.24) is 10.2 Å². The van der Waals surface area contributed by atoms with Gasteiger partial charge in [0.1, 0.15) is 5.01 Å². The van der Waals surface area contributed by atoms with Crippen LogP contribution in [-0.2, 0) is 22.4 Å². The van der Waals surface area contributed by atoms with Crippen molar-refractivity contribution in [3.8, 4) is 0 Å². The van der Waals surface area contributed by atoms with Crippen LogP contribution >= 0.6 is 22.9 Å². The third-order valence-electron chi connectivity index (χ3n) is 5.12. The summed E-state index contributed by atoms with van der Waals surface area (Å²) in [4.78, 5) is 27.0. The number of halogens is 1. The molecule has 0 radical (unpaired) electrons. The molecule has 2 heterocycles. The Morgan fingerprint density at radius 3 is 2.73 bits per heavy atom. The lowest BCUT2D eigenvalue weighted by Gasteiger charge is -2.19. The molecule has 8 heteroatoms. The van der Waals surface area contributed by atoms with Gasteiger partial charge in [0.25, 0.3) is 0 Å². The Morgan fingerprint density at radius 1 is 1.20 bits per heavy atom. The van der Waals surface area contributed by atoms with Gasteiger partial charge >= 0.3 is 0 Å². The molecule has 1 aliphatic heterocycles. The second kappa shape index (κ2) is 8.93. The Morgan fingerprint density at radius 2 is 1.97 bits per heavy atom. The van der Waals surface area contributed by atoms with Crippen LogP contribution in [-0.4, -0.2) is 28.6 Å². The molecule has 0 saturated carbocycles. The SMILES string of the molecule is CCc1ccccc1N1CC(C(=O)Nc2nnc(Cc3ccc(Cl)cc3)s2)CC1=O. The second-order valence-corrected chi connectivity index (χ2v) is 8.68. The van der Waals surface area contributed by atoms with Gasteiger partial charge in [-0.2, -0.15) is 0 Å². The topological polar surface area (TPSA) is 75.2 Å². The number of hydrogen-bond donors (Lipinski definition) is 1. The number of rotatable bonds is 6. The number of nitrogens with one attached hydrogen (secondary N) is 1. The van der Waals surface area contributed by atoms with Crippen LogP contribution in [0.2, 0.25) is 5.02 Å². The van der Waals surface area contributed by atoms with Gasteiger partial charge in [-0.05, 0) is 35.7 Å². The molecule has 4 rings (SSSR count). The minimum absolute atomic E-state index is 0.0308. The fourth-order valence-electron chi connectivity index (χ4n) is 3.55. The highest BCUT2D eigenvalue weighted by Crippen LogP contribution is 2.29. The normalized spacial score (nSPS) is 16.1. The zero-order chi connectivity index (χ0) is 21.1. The zero-order valence-electron chi connectivity index (χ0n) is 16.5. The Balaban J connectivity index is 1.39. The molecule has 1 N–H and O–H groups in total. The lowest BCUT2D eigenvalue weighted by molar-refractivity contribution is -0.122. The number of nitrogens with zero attached hydrogens (tertiary/aromatic N) is 3. The maximum absolute atomic E-state index is 12.7. The number of anilines is 2. The van der Waals surface area contributed by atoms with E-state index < -0.39 is 5.92 Å². The summed E-state index contributed by atoms with van der Waals surface area (Å²) in [5.74, 6) is -0.642. The zero-order valence-corrected chi connectivity index (χ0v) is 18.0. The van der Waals surface area contributed by atoms with E-state index in [1.165, 1.54) is 11.3 Å². The summed E-state index contributed by atoms with van der Waals surface area (Å²) in [7, 11) is 0. The predicted molar refractivity (Wildman–Crippen MR) is 119 cm³/mol. The number of para-hydroxylation sites is 1. The highest BCUT2D eigenvalue weighted by atomic mass is 35.5. The number of benzene rings is 2. The Hall–Kier alpha value is -2.77. The van der Waals surface area contributed by atoms with Crippen LogP contribution in [0.1, 0.15) is 29.5 Å². The molecule has 6 nitrogen and oxygen atoms in total. The molecule has 1 atom stereocenters. The first-order chi connectivity index (χ1) is 14.5. The number of carbonyl (C=O) groups is 2. The highest BCUT2D eigenvalue weighted by Gasteiger charge is 2.36. The monoisotopic (exact) mass is 440 g/mol. The molecule has 1 aromatic heterocycles. The summed E-state index contributed by atoms with van der Waals surface area (Å²) in [6.07, 6.45) is 1.65. The van der Waals surface area contributed by atoms with Crippen LogP contribution < -0.4 is 10.2 Å². The Labute approximate surface area is 183 Å². The van der Waals surface area contributed by atoms with E-state index >= 15 is 0 Å². The van der Waals surface area contributed by atoms with E-state index in [1.807, 2.05) is 48.5 Å². The number of carbonyl (C=O) groups excluding carboxylic acids is 2. The minimum atomic E-state index is -0.411. The molecule has 1 saturated heterocycles. The molecule has 3 aromatic rings. The Bertz CT molecular complexity index is 1070. The molecule has 2 aromatic carbocycles. The van der Waals surface area contributed by atoms with Crippen LogP contribution in [0.15, 0.2) is 48.5 Å². The van der Waals surface area contributed by atoms with Gasteiger partial charge in [0.2, 0.25) is 16.9 Å². The average molecular weight is 441 g/mol. The summed E-state index contributed by atoms with van der Waals surface area (Å²) in [5, 5.41) is 13.0. The van der Waals surface area contributed by atoms with Crippen LogP contribution in [0.5, 0.6) is 0 Å². The molecular weight excluding hydrogens is 420 g/mol. The number of aromatic nitrogens is 2. The number of hydrogen-bond acceptors (Lipinski definition) is 5. The molecule has 30 heavy (non-hydrogen) atoms. The molecular formula is C22H21ClN4O2S. The third kappa shape index (κ3) is 4.52. The van der Waals surface area contributed by atoms with Gasteiger partial charge in [-0.25, -0.2) is 0 Å². The lowest BCUT2D eigenvalue weighted by Crippen LogP contribution is -2.28. The van der Waals surface area contributed by atoms with Crippen molar-refractivity contribution in [2.75, 3.05) is 16.8 Å². The van der Waals surface area contributed by atoms with Crippen LogP contribution in [0.25, 0.3) is 0 Å². The molecule has 0 aliphatic carbocycles. The van der Waals surface area contributed by atoms with E-state index in [-0.39, 0.29) is 18.2 Å². The molecule has 1 fully saturated rings. The summed E-state index contributed by atoms with van der Waals surface area (Å²) < 4.78 is 0. The van der Waals surface area contributed by atoms with Crippen LogP contribution in [0, 0.1) is 5.92 Å². The molecule has 2 amide bonds. The van der Waals surface area contributed by atoms with Gasteiger partial charge in [0, 0.05) is 30.1 Å². The van der Waals surface area contributed by atoms with Gasteiger partial charge in [0.15, 0.2) is 0 Å².